The zero-order valence-corrected chi connectivity index (χ0v) is 11.5. The number of benzene rings is 2. The van der Waals surface area contributed by atoms with Crippen LogP contribution in [-0.4, -0.2) is 0 Å². The van der Waals surface area contributed by atoms with E-state index in [1.54, 1.807) is 24.3 Å². The smallest absolute Gasteiger partial charge is 0.0992 e. The first-order chi connectivity index (χ1) is 9.60. The molecule has 0 aromatic heterocycles. The van der Waals surface area contributed by atoms with Crippen LogP contribution >= 0.6 is 23.2 Å². The van der Waals surface area contributed by atoms with Gasteiger partial charge in [-0.25, -0.2) is 0 Å². The molecule has 0 radical (unpaired) electrons. The van der Waals surface area contributed by atoms with Gasteiger partial charge in [-0.3, -0.25) is 0 Å². The van der Waals surface area contributed by atoms with Crippen LogP contribution in [0.25, 0.3) is 0 Å². The van der Waals surface area contributed by atoms with Crippen molar-refractivity contribution in [1.82, 2.24) is 0 Å². The highest BCUT2D eigenvalue weighted by Gasteiger charge is 2.00. The molecule has 2 aromatic carbocycles. The van der Waals surface area contributed by atoms with Crippen LogP contribution in [0, 0.1) is 22.7 Å². The average Bonchev–Trinajstić information content (AvgIpc) is 2.44. The third kappa shape index (κ3) is 3.55. The first-order valence-corrected chi connectivity index (χ1v) is 6.19. The minimum atomic E-state index is 0.398. The van der Waals surface area contributed by atoms with Crippen molar-refractivity contribution in [3.05, 3.63) is 57.6 Å². The molecule has 0 heterocycles. The summed E-state index contributed by atoms with van der Waals surface area (Å²) in [6.07, 6.45) is 0. The van der Waals surface area contributed by atoms with Gasteiger partial charge in [0.1, 0.15) is 0 Å². The van der Waals surface area contributed by atoms with E-state index in [0.29, 0.717) is 32.5 Å². The van der Waals surface area contributed by atoms with Gasteiger partial charge in [0.25, 0.3) is 0 Å². The number of halogens is 2. The average molecular weight is 301 g/mol. The fourth-order valence-electron chi connectivity index (χ4n) is 1.51. The maximum Gasteiger partial charge on any atom is 0.0992 e. The van der Waals surface area contributed by atoms with E-state index in [0.717, 1.165) is 0 Å². The van der Waals surface area contributed by atoms with Gasteiger partial charge in [-0.05, 0) is 36.4 Å². The largest absolute Gasteiger partial charge is 0.192 e. The van der Waals surface area contributed by atoms with Crippen molar-refractivity contribution >= 4 is 34.6 Å². The van der Waals surface area contributed by atoms with Gasteiger partial charge >= 0.3 is 0 Å². The Morgan fingerprint density at radius 1 is 0.700 bits per heavy atom. The van der Waals surface area contributed by atoms with Crippen LogP contribution in [0.3, 0.4) is 0 Å². The molecule has 2 aromatic rings. The molecule has 0 spiro atoms. The molecule has 0 saturated carbocycles. The van der Waals surface area contributed by atoms with E-state index < -0.39 is 0 Å². The lowest BCUT2D eigenvalue weighted by Gasteiger charge is -1.97. The summed E-state index contributed by atoms with van der Waals surface area (Å²) in [6, 6.07) is 13.3. The molecule has 0 amide bonds. The summed E-state index contributed by atoms with van der Waals surface area (Å²) in [5.41, 5.74) is 1.70. The van der Waals surface area contributed by atoms with Gasteiger partial charge in [0.15, 0.2) is 0 Å². The number of rotatable bonds is 2. The molecule has 0 aliphatic rings. The lowest BCUT2D eigenvalue weighted by atomic mass is 10.2. The summed E-state index contributed by atoms with van der Waals surface area (Å²) in [5.74, 6) is 0. The molecule has 0 fully saturated rings. The van der Waals surface area contributed by atoms with Crippen molar-refractivity contribution in [1.29, 1.82) is 10.5 Å². The van der Waals surface area contributed by atoms with E-state index in [-0.39, 0.29) is 0 Å². The van der Waals surface area contributed by atoms with Gasteiger partial charge in [0, 0.05) is 10.0 Å². The molecule has 6 heteroatoms. The van der Waals surface area contributed by atoms with E-state index in [2.05, 4.69) is 10.2 Å². The first-order valence-electron chi connectivity index (χ1n) is 5.44. The first kappa shape index (κ1) is 14.0. The van der Waals surface area contributed by atoms with Crippen LogP contribution in [0.5, 0.6) is 0 Å². The SMILES string of the molecule is N#Cc1cc(Cl)cc(N=Nc2cc(Cl)cc(C#N)c2)c1. The normalized spacial score (nSPS) is 10.2. The molecule has 0 aliphatic carbocycles. The molecule has 0 saturated heterocycles. The van der Waals surface area contributed by atoms with Gasteiger partial charge in [0.05, 0.1) is 34.6 Å². The number of hydrogen-bond acceptors (Lipinski definition) is 4. The molecule has 20 heavy (non-hydrogen) atoms. The molecule has 4 nitrogen and oxygen atoms in total. The highest BCUT2D eigenvalue weighted by molar-refractivity contribution is 6.31. The molecule has 0 N–H and O–H groups in total. The Labute approximate surface area is 125 Å². The predicted octanol–water partition coefficient (Wildman–Crippen LogP) is 5.15. The summed E-state index contributed by atoms with van der Waals surface area (Å²) in [5, 5.41) is 26.5. The standard InChI is InChI=1S/C14H6Cl2N4/c15-11-1-9(7-17)3-13(5-11)19-20-14-4-10(8-18)2-12(16)6-14/h1-6H. The third-order valence-corrected chi connectivity index (χ3v) is 2.74. The minimum Gasteiger partial charge on any atom is -0.192 e. The van der Waals surface area contributed by atoms with E-state index >= 15 is 0 Å². The highest BCUT2D eigenvalue weighted by atomic mass is 35.5. The van der Waals surface area contributed by atoms with E-state index in [9.17, 15) is 0 Å². The van der Waals surface area contributed by atoms with Crippen LogP contribution < -0.4 is 0 Å². The minimum absolute atomic E-state index is 0.398. The number of hydrogen-bond donors (Lipinski definition) is 0. The summed E-state index contributed by atoms with van der Waals surface area (Å²) in [6.45, 7) is 0. The lowest BCUT2D eigenvalue weighted by Crippen LogP contribution is -1.75. The van der Waals surface area contributed by atoms with Crippen LogP contribution in [0.4, 0.5) is 11.4 Å². The molecule has 0 unspecified atom stereocenters. The Morgan fingerprint density at radius 3 is 1.45 bits per heavy atom. The zero-order chi connectivity index (χ0) is 14.5. The van der Waals surface area contributed by atoms with Crippen LogP contribution in [-0.2, 0) is 0 Å². The Bertz CT molecular complexity index is 704. The van der Waals surface area contributed by atoms with Gasteiger partial charge in [-0.1, -0.05) is 23.2 Å². The predicted molar refractivity (Wildman–Crippen MR) is 76.5 cm³/mol. The fourth-order valence-corrected chi connectivity index (χ4v) is 1.97. The van der Waals surface area contributed by atoms with Gasteiger partial charge in [-0.15, -0.1) is 0 Å². The van der Waals surface area contributed by atoms with Crippen molar-refractivity contribution in [2.75, 3.05) is 0 Å². The zero-order valence-electron chi connectivity index (χ0n) is 10.0. The second-order valence-electron chi connectivity index (χ2n) is 3.82. The summed E-state index contributed by atoms with van der Waals surface area (Å²) < 4.78 is 0. The molecule has 0 aliphatic heterocycles. The summed E-state index contributed by atoms with van der Waals surface area (Å²) in [4.78, 5) is 0. The molecule has 0 atom stereocenters. The van der Waals surface area contributed by atoms with Gasteiger partial charge < -0.3 is 0 Å². The Hall–Kier alpha value is -2.40. The molecular weight excluding hydrogens is 295 g/mol. The second-order valence-corrected chi connectivity index (χ2v) is 4.69. The van der Waals surface area contributed by atoms with Crippen LogP contribution in [0.2, 0.25) is 10.0 Å². The monoisotopic (exact) mass is 300 g/mol. The number of azo groups is 1. The molecule has 0 bridgehead atoms. The van der Waals surface area contributed by atoms with Crippen molar-refractivity contribution in [3.63, 3.8) is 0 Å². The number of nitrogens with zero attached hydrogens (tertiary/aromatic N) is 4. The highest BCUT2D eigenvalue weighted by Crippen LogP contribution is 2.25. The Kier molecular flexibility index (Phi) is 4.32. The van der Waals surface area contributed by atoms with Crippen molar-refractivity contribution in [3.8, 4) is 12.1 Å². The van der Waals surface area contributed by atoms with E-state index in [1.165, 1.54) is 12.1 Å². The fraction of sp³-hybridized carbons (Fsp3) is 0. The second kappa shape index (κ2) is 6.16. The Balaban J connectivity index is 2.35. The quantitative estimate of drug-likeness (QED) is 0.719. The third-order valence-electron chi connectivity index (χ3n) is 2.30. The van der Waals surface area contributed by atoms with Gasteiger partial charge in [0.2, 0.25) is 0 Å². The summed E-state index contributed by atoms with van der Waals surface area (Å²) in [7, 11) is 0. The van der Waals surface area contributed by atoms with Crippen molar-refractivity contribution < 1.29 is 0 Å². The van der Waals surface area contributed by atoms with Crippen molar-refractivity contribution in [2.45, 2.75) is 0 Å². The van der Waals surface area contributed by atoms with Crippen LogP contribution in [0.15, 0.2) is 46.6 Å². The molecule has 96 valence electrons. The topological polar surface area (TPSA) is 72.3 Å². The maximum atomic E-state index is 8.84. The number of nitriles is 2. The van der Waals surface area contributed by atoms with E-state index in [1.807, 2.05) is 12.1 Å². The van der Waals surface area contributed by atoms with Gasteiger partial charge in [-0.2, -0.15) is 20.8 Å². The van der Waals surface area contributed by atoms with Crippen LogP contribution in [0.1, 0.15) is 11.1 Å². The lowest BCUT2D eigenvalue weighted by molar-refractivity contribution is 1.23. The summed E-state index contributed by atoms with van der Waals surface area (Å²) >= 11 is 11.7. The van der Waals surface area contributed by atoms with Crippen molar-refractivity contribution in [2.24, 2.45) is 10.2 Å². The van der Waals surface area contributed by atoms with E-state index in [4.69, 9.17) is 33.7 Å². The molecular formula is C14H6Cl2N4. The Morgan fingerprint density at radius 2 is 1.10 bits per heavy atom. The maximum absolute atomic E-state index is 8.84. The molecule has 2 rings (SSSR count).